The lowest BCUT2D eigenvalue weighted by molar-refractivity contribution is -0.123. The molecule has 2 aromatic rings. The molecular formula is C19H21ClN2O3S. The Bertz CT molecular complexity index is 897. The molecule has 0 radical (unpaired) electrons. The van der Waals surface area contributed by atoms with E-state index in [0.29, 0.717) is 5.02 Å². The highest BCUT2D eigenvalue weighted by molar-refractivity contribution is 7.89. The van der Waals surface area contributed by atoms with Gasteiger partial charge in [-0.1, -0.05) is 35.9 Å². The van der Waals surface area contributed by atoms with Gasteiger partial charge in [-0.05, 0) is 61.6 Å². The average Bonchev–Trinajstić information content (AvgIpc) is 2.62. The molecule has 2 unspecified atom stereocenters. The Labute approximate surface area is 158 Å². The van der Waals surface area contributed by atoms with Gasteiger partial charge in [-0.3, -0.25) is 4.79 Å². The van der Waals surface area contributed by atoms with E-state index in [0.717, 1.165) is 24.8 Å². The highest BCUT2D eigenvalue weighted by atomic mass is 35.5. The Morgan fingerprint density at radius 3 is 2.58 bits per heavy atom. The van der Waals surface area contributed by atoms with Crippen molar-refractivity contribution >= 4 is 27.5 Å². The number of aryl methyl sites for hydroxylation is 1. The number of carbonyl (C=O) groups excluding carboxylic acids is 1. The van der Waals surface area contributed by atoms with Gasteiger partial charge in [0.15, 0.2) is 0 Å². The summed E-state index contributed by atoms with van der Waals surface area (Å²) < 4.78 is 27.3. The molecule has 1 aliphatic rings. The minimum Gasteiger partial charge on any atom is -0.348 e. The Kier molecular flexibility index (Phi) is 5.65. The van der Waals surface area contributed by atoms with E-state index in [1.807, 2.05) is 18.2 Å². The van der Waals surface area contributed by atoms with Gasteiger partial charge < -0.3 is 5.32 Å². The maximum atomic E-state index is 12.5. The molecule has 0 aliphatic heterocycles. The van der Waals surface area contributed by atoms with E-state index in [1.165, 1.54) is 36.8 Å². The Morgan fingerprint density at radius 2 is 1.85 bits per heavy atom. The van der Waals surface area contributed by atoms with E-state index in [9.17, 15) is 13.2 Å². The SMILES string of the molecule is CC(NS(=O)(=O)c1ccc(Cl)cc1)C(=O)NC1CCCc2ccccc21. The number of halogens is 1. The van der Waals surface area contributed by atoms with Gasteiger partial charge in [-0.15, -0.1) is 0 Å². The van der Waals surface area contributed by atoms with Crippen molar-refractivity contribution in [2.45, 2.75) is 43.2 Å². The minimum absolute atomic E-state index is 0.0737. The third kappa shape index (κ3) is 4.26. The molecule has 0 saturated carbocycles. The molecule has 2 N–H and O–H groups in total. The second-order valence-electron chi connectivity index (χ2n) is 6.45. The fraction of sp³-hybridized carbons (Fsp3) is 0.316. The van der Waals surface area contributed by atoms with E-state index >= 15 is 0 Å². The molecule has 0 spiro atoms. The van der Waals surface area contributed by atoms with Crippen LogP contribution in [0.1, 0.15) is 36.9 Å². The number of sulfonamides is 1. The summed E-state index contributed by atoms with van der Waals surface area (Å²) in [7, 11) is -3.79. The van der Waals surface area contributed by atoms with Crippen LogP contribution in [0, 0.1) is 0 Å². The van der Waals surface area contributed by atoms with Crippen molar-refractivity contribution in [2.24, 2.45) is 0 Å². The second-order valence-corrected chi connectivity index (χ2v) is 8.60. The molecule has 0 saturated heterocycles. The van der Waals surface area contributed by atoms with E-state index < -0.39 is 16.1 Å². The van der Waals surface area contributed by atoms with Crippen molar-refractivity contribution in [1.29, 1.82) is 0 Å². The molecule has 0 bridgehead atoms. The quantitative estimate of drug-likeness (QED) is 0.820. The summed E-state index contributed by atoms with van der Waals surface area (Å²) in [5.74, 6) is -0.343. The van der Waals surface area contributed by atoms with Crippen molar-refractivity contribution in [3.05, 3.63) is 64.7 Å². The number of nitrogens with one attached hydrogen (secondary N) is 2. The van der Waals surface area contributed by atoms with Gasteiger partial charge in [0.25, 0.3) is 0 Å². The topological polar surface area (TPSA) is 75.3 Å². The van der Waals surface area contributed by atoms with Gasteiger partial charge in [0.05, 0.1) is 17.0 Å². The predicted molar refractivity (Wildman–Crippen MR) is 101 cm³/mol. The summed E-state index contributed by atoms with van der Waals surface area (Å²) >= 11 is 5.79. The van der Waals surface area contributed by atoms with Crippen molar-refractivity contribution in [3.63, 3.8) is 0 Å². The van der Waals surface area contributed by atoms with Crippen molar-refractivity contribution in [2.75, 3.05) is 0 Å². The lowest BCUT2D eigenvalue weighted by Gasteiger charge is -2.27. The largest absolute Gasteiger partial charge is 0.348 e. The Balaban J connectivity index is 1.68. The summed E-state index contributed by atoms with van der Waals surface area (Å²) in [5, 5.41) is 3.42. The first-order valence-electron chi connectivity index (χ1n) is 8.53. The van der Waals surface area contributed by atoms with Crippen LogP contribution in [0.5, 0.6) is 0 Å². The first-order valence-corrected chi connectivity index (χ1v) is 10.4. The molecule has 3 rings (SSSR count). The number of amides is 1. The van der Waals surface area contributed by atoms with Crippen LogP contribution in [-0.2, 0) is 21.2 Å². The number of rotatable bonds is 5. The van der Waals surface area contributed by atoms with Gasteiger partial charge in [0.2, 0.25) is 15.9 Å². The van der Waals surface area contributed by atoms with Crippen molar-refractivity contribution < 1.29 is 13.2 Å². The van der Waals surface area contributed by atoms with Crippen LogP contribution in [0.15, 0.2) is 53.4 Å². The molecule has 1 aliphatic carbocycles. The number of benzene rings is 2. The predicted octanol–water partition coefficient (Wildman–Crippen LogP) is 3.20. The molecule has 2 aromatic carbocycles. The van der Waals surface area contributed by atoms with Crippen LogP contribution in [0.2, 0.25) is 5.02 Å². The highest BCUT2D eigenvalue weighted by Crippen LogP contribution is 2.29. The van der Waals surface area contributed by atoms with Gasteiger partial charge in [-0.2, -0.15) is 4.72 Å². The number of hydrogen-bond donors (Lipinski definition) is 2. The van der Waals surface area contributed by atoms with Gasteiger partial charge >= 0.3 is 0 Å². The van der Waals surface area contributed by atoms with Crippen LogP contribution in [0.3, 0.4) is 0 Å². The zero-order chi connectivity index (χ0) is 18.7. The van der Waals surface area contributed by atoms with Gasteiger partial charge in [-0.25, -0.2) is 8.42 Å². The lowest BCUT2D eigenvalue weighted by Crippen LogP contribution is -2.46. The molecule has 0 heterocycles. The van der Waals surface area contributed by atoms with E-state index in [1.54, 1.807) is 0 Å². The molecule has 1 amide bonds. The zero-order valence-electron chi connectivity index (χ0n) is 14.4. The maximum absolute atomic E-state index is 12.5. The van der Waals surface area contributed by atoms with E-state index in [2.05, 4.69) is 16.1 Å². The normalized spacial score (nSPS) is 18.0. The van der Waals surface area contributed by atoms with Crippen LogP contribution in [0.25, 0.3) is 0 Å². The third-order valence-corrected chi connectivity index (χ3v) is 6.34. The summed E-state index contributed by atoms with van der Waals surface area (Å²) in [6.07, 6.45) is 2.84. The average molecular weight is 393 g/mol. The first kappa shape index (κ1) is 18.9. The molecular weight excluding hydrogens is 372 g/mol. The zero-order valence-corrected chi connectivity index (χ0v) is 16.0. The van der Waals surface area contributed by atoms with E-state index in [-0.39, 0.29) is 16.8 Å². The smallest absolute Gasteiger partial charge is 0.241 e. The second kappa shape index (κ2) is 7.78. The molecule has 0 aromatic heterocycles. The summed E-state index contributed by atoms with van der Waals surface area (Å²) in [4.78, 5) is 12.6. The van der Waals surface area contributed by atoms with Gasteiger partial charge in [0, 0.05) is 5.02 Å². The number of hydrogen-bond acceptors (Lipinski definition) is 3. The monoisotopic (exact) mass is 392 g/mol. The summed E-state index contributed by atoms with van der Waals surface area (Å²) in [6.45, 7) is 1.54. The number of fused-ring (bicyclic) bond motifs is 1. The molecule has 7 heteroatoms. The van der Waals surface area contributed by atoms with Gasteiger partial charge in [0.1, 0.15) is 0 Å². The Morgan fingerprint density at radius 1 is 1.15 bits per heavy atom. The molecule has 138 valence electrons. The summed E-state index contributed by atoms with van der Waals surface area (Å²) in [5.41, 5.74) is 2.35. The van der Waals surface area contributed by atoms with E-state index in [4.69, 9.17) is 11.6 Å². The van der Waals surface area contributed by atoms with Crippen LogP contribution in [0.4, 0.5) is 0 Å². The highest BCUT2D eigenvalue weighted by Gasteiger charge is 2.26. The lowest BCUT2D eigenvalue weighted by atomic mass is 9.87. The van der Waals surface area contributed by atoms with Crippen LogP contribution in [-0.4, -0.2) is 20.4 Å². The van der Waals surface area contributed by atoms with Crippen molar-refractivity contribution in [1.82, 2.24) is 10.0 Å². The van der Waals surface area contributed by atoms with Crippen LogP contribution < -0.4 is 10.0 Å². The standard InChI is InChI=1S/C19H21ClN2O3S/c1-13(22-26(24,25)16-11-9-15(20)10-12-16)19(23)21-18-8-4-6-14-5-2-3-7-17(14)18/h2-3,5,7,9-13,18,22H,4,6,8H2,1H3,(H,21,23). The van der Waals surface area contributed by atoms with Crippen LogP contribution >= 0.6 is 11.6 Å². The molecule has 26 heavy (non-hydrogen) atoms. The fourth-order valence-electron chi connectivity index (χ4n) is 3.17. The number of carbonyl (C=O) groups is 1. The fourth-order valence-corrected chi connectivity index (χ4v) is 4.50. The molecule has 2 atom stereocenters. The molecule has 5 nitrogen and oxygen atoms in total. The summed E-state index contributed by atoms with van der Waals surface area (Å²) in [6, 6.07) is 12.9. The van der Waals surface area contributed by atoms with Crippen molar-refractivity contribution in [3.8, 4) is 0 Å². The minimum atomic E-state index is -3.79. The third-order valence-electron chi connectivity index (χ3n) is 4.54. The maximum Gasteiger partial charge on any atom is 0.241 e. The molecule has 0 fully saturated rings. The Hall–Kier alpha value is -1.89. The first-order chi connectivity index (χ1) is 12.4.